The first kappa shape index (κ1) is 24.6. The summed E-state index contributed by atoms with van der Waals surface area (Å²) in [6, 6.07) is 22.4. The van der Waals surface area contributed by atoms with Crippen LogP contribution in [0.2, 0.25) is 0 Å². The van der Waals surface area contributed by atoms with Gasteiger partial charge in [0.2, 0.25) is 10.0 Å². The lowest BCUT2D eigenvalue weighted by atomic mass is 9.97. The Hall–Kier alpha value is -3.07. The summed E-state index contributed by atoms with van der Waals surface area (Å²) in [5, 5.41) is 24.1. The van der Waals surface area contributed by atoms with E-state index in [0.29, 0.717) is 12.1 Å². The van der Waals surface area contributed by atoms with Crippen molar-refractivity contribution >= 4 is 15.7 Å². The van der Waals surface area contributed by atoms with Crippen LogP contribution in [0.15, 0.2) is 72.8 Å². The summed E-state index contributed by atoms with van der Waals surface area (Å²) in [6.07, 6.45) is 1.29. The molecule has 3 rings (SSSR count). The molecule has 8 heteroatoms. The monoisotopic (exact) mass is 470 g/mol. The van der Waals surface area contributed by atoms with Crippen LogP contribution in [0.25, 0.3) is 0 Å². The zero-order valence-electron chi connectivity index (χ0n) is 18.7. The molecule has 0 radical (unpaired) electrons. The Morgan fingerprint density at radius 1 is 0.939 bits per heavy atom. The molecule has 0 saturated carbocycles. The van der Waals surface area contributed by atoms with E-state index < -0.39 is 16.1 Å². The lowest BCUT2D eigenvalue weighted by Gasteiger charge is -2.23. The molecule has 33 heavy (non-hydrogen) atoms. The highest BCUT2D eigenvalue weighted by Crippen LogP contribution is 2.28. The van der Waals surface area contributed by atoms with Gasteiger partial charge in [-0.1, -0.05) is 54.6 Å². The minimum Gasteiger partial charge on any atom is -0.506 e. The van der Waals surface area contributed by atoms with E-state index in [0.717, 1.165) is 29.6 Å². The highest BCUT2D eigenvalue weighted by Gasteiger charge is 2.18. The van der Waals surface area contributed by atoms with E-state index in [4.69, 9.17) is 4.74 Å². The molecule has 0 aliphatic rings. The SMILES string of the molecule is COc1ccccc1C(Cc1ccccc1)NC[C@@H](O)Cc1ccc(O)c(NS(C)(=O)=O)c1. The maximum atomic E-state index is 11.5. The Morgan fingerprint density at radius 3 is 2.33 bits per heavy atom. The zero-order valence-corrected chi connectivity index (χ0v) is 19.5. The van der Waals surface area contributed by atoms with E-state index >= 15 is 0 Å². The van der Waals surface area contributed by atoms with Crippen molar-refractivity contribution in [1.82, 2.24) is 5.32 Å². The van der Waals surface area contributed by atoms with Crippen LogP contribution in [0.4, 0.5) is 5.69 Å². The number of nitrogens with one attached hydrogen (secondary N) is 2. The standard InChI is InChI=1S/C25H30N2O5S/c1-32-25-11-7-6-10-21(25)22(15-18-8-4-3-5-9-18)26-17-20(28)14-19-12-13-24(29)23(16-19)27-33(2,30)31/h3-13,16,20,22,26-29H,14-15,17H2,1-2H3/t20-,22?/m0/s1. The van der Waals surface area contributed by atoms with Gasteiger partial charge in [-0.25, -0.2) is 8.42 Å². The summed E-state index contributed by atoms with van der Waals surface area (Å²) >= 11 is 0. The van der Waals surface area contributed by atoms with Crippen LogP contribution in [0.3, 0.4) is 0 Å². The number of aromatic hydroxyl groups is 1. The maximum absolute atomic E-state index is 11.5. The predicted molar refractivity (Wildman–Crippen MR) is 130 cm³/mol. The number of anilines is 1. The van der Waals surface area contributed by atoms with Gasteiger partial charge in [-0.15, -0.1) is 0 Å². The molecular weight excluding hydrogens is 440 g/mol. The molecule has 7 nitrogen and oxygen atoms in total. The fourth-order valence-electron chi connectivity index (χ4n) is 3.71. The number of ether oxygens (including phenoxy) is 1. The summed E-state index contributed by atoms with van der Waals surface area (Å²) in [6.45, 7) is 0.311. The molecule has 0 amide bonds. The third-order valence-electron chi connectivity index (χ3n) is 5.22. The summed E-state index contributed by atoms with van der Waals surface area (Å²) in [5.41, 5.74) is 2.95. The number of phenolic OH excluding ortho intramolecular Hbond substituents is 1. The molecule has 4 N–H and O–H groups in total. The fraction of sp³-hybridized carbons (Fsp3) is 0.280. The maximum Gasteiger partial charge on any atom is 0.229 e. The number of rotatable bonds is 11. The van der Waals surface area contributed by atoms with Gasteiger partial charge in [0.05, 0.1) is 25.2 Å². The summed E-state index contributed by atoms with van der Waals surface area (Å²) < 4.78 is 30.9. The highest BCUT2D eigenvalue weighted by molar-refractivity contribution is 7.92. The van der Waals surface area contributed by atoms with Crippen molar-refractivity contribution in [2.24, 2.45) is 0 Å². The van der Waals surface area contributed by atoms with Gasteiger partial charge >= 0.3 is 0 Å². The molecule has 3 aromatic rings. The van der Waals surface area contributed by atoms with Crippen LogP contribution in [0.1, 0.15) is 22.7 Å². The van der Waals surface area contributed by atoms with E-state index in [2.05, 4.69) is 22.2 Å². The molecule has 0 aliphatic heterocycles. The van der Waals surface area contributed by atoms with Gasteiger partial charge in [-0.05, 0) is 42.2 Å². The Morgan fingerprint density at radius 2 is 1.64 bits per heavy atom. The van der Waals surface area contributed by atoms with E-state index in [1.807, 2.05) is 42.5 Å². The topological polar surface area (TPSA) is 108 Å². The Labute approximate surface area is 195 Å². The third-order valence-corrected chi connectivity index (χ3v) is 5.82. The smallest absolute Gasteiger partial charge is 0.229 e. The predicted octanol–water partition coefficient (Wildman–Crippen LogP) is 3.25. The second kappa shape index (κ2) is 11.2. The van der Waals surface area contributed by atoms with Crippen LogP contribution in [0.5, 0.6) is 11.5 Å². The third kappa shape index (κ3) is 7.49. The number of para-hydroxylation sites is 1. The quantitative estimate of drug-likeness (QED) is 0.321. The number of sulfonamides is 1. The van der Waals surface area contributed by atoms with E-state index in [-0.39, 0.29) is 23.9 Å². The Balaban J connectivity index is 1.72. The van der Waals surface area contributed by atoms with E-state index in [1.54, 1.807) is 13.2 Å². The molecule has 0 spiro atoms. The van der Waals surface area contributed by atoms with Gasteiger partial charge in [-0.3, -0.25) is 4.72 Å². The van der Waals surface area contributed by atoms with Crippen molar-refractivity contribution in [3.63, 3.8) is 0 Å². The van der Waals surface area contributed by atoms with Crippen molar-refractivity contribution in [3.05, 3.63) is 89.5 Å². The highest BCUT2D eigenvalue weighted by atomic mass is 32.2. The fourth-order valence-corrected chi connectivity index (χ4v) is 4.27. The second-order valence-corrected chi connectivity index (χ2v) is 9.72. The molecule has 0 fully saturated rings. The summed E-state index contributed by atoms with van der Waals surface area (Å²) in [5.74, 6) is 0.603. The number of hydrogen-bond donors (Lipinski definition) is 4. The minimum atomic E-state index is -3.53. The van der Waals surface area contributed by atoms with Crippen LogP contribution >= 0.6 is 0 Å². The number of benzene rings is 3. The van der Waals surface area contributed by atoms with Crippen molar-refractivity contribution in [3.8, 4) is 11.5 Å². The van der Waals surface area contributed by atoms with Crippen molar-refractivity contribution < 1.29 is 23.4 Å². The lowest BCUT2D eigenvalue weighted by Crippen LogP contribution is -2.33. The Kier molecular flexibility index (Phi) is 8.32. The molecule has 2 atom stereocenters. The largest absolute Gasteiger partial charge is 0.506 e. The van der Waals surface area contributed by atoms with Crippen molar-refractivity contribution in [2.45, 2.75) is 25.0 Å². The first-order valence-electron chi connectivity index (χ1n) is 10.6. The average molecular weight is 471 g/mol. The van der Waals surface area contributed by atoms with Crippen molar-refractivity contribution in [2.75, 3.05) is 24.6 Å². The van der Waals surface area contributed by atoms with Gasteiger partial charge in [-0.2, -0.15) is 0 Å². The molecule has 0 bridgehead atoms. The van der Waals surface area contributed by atoms with Gasteiger partial charge in [0.1, 0.15) is 11.5 Å². The molecule has 176 valence electrons. The van der Waals surface area contributed by atoms with Crippen LogP contribution in [-0.4, -0.2) is 44.6 Å². The minimum absolute atomic E-state index is 0.0829. The molecule has 3 aromatic carbocycles. The number of phenols is 1. The van der Waals surface area contributed by atoms with Crippen LogP contribution < -0.4 is 14.8 Å². The average Bonchev–Trinajstić information content (AvgIpc) is 2.78. The Bertz CT molecular complexity index is 1150. The number of methoxy groups -OCH3 is 1. The van der Waals surface area contributed by atoms with Gasteiger partial charge in [0.25, 0.3) is 0 Å². The van der Waals surface area contributed by atoms with E-state index in [1.165, 1.54) is 12.1 Å². The summed E-state index contributed by atoms with van der Waals surface area (Å²) in [7, 11) is -1.89. The molecule has 0 aliphatic carbocycles. The molecule has 1 unspecified atom stereocenters. The number of aliphatic hydroxyl groups excluding tert-OH is 1. The summed E-state index contributed by atoms with van der Waals surface area (Å²) in [4.78, 5) is 0. The lowest BCUT2D eigenvalue weighted by molar-refractivity contribution is 0.166. The molecular formula is C25H30N2O5S. The normalized spacial score (nSPS) is 13.3. The van der Waals surface area contributed by atoms with Crippen LogP contribution in [0, 0.1) is 0 Å². The number of hydrogen-bond acceptors (Lipinski definition) is 6. The van der Waals surface area contributed by atoms with Gasteiger partial charge in [0, 0.05) is 18.2 Å². The first-order chi connectivity index (χ1) is 15.7. The van der Waals surface area contributed by atoms with Crippen molar-refractivity contribution in [1.29, 1.82) is 0 Å². The van der Waals surface area contributed by atoms with Gasteiger partial charge in [0.15, 0.2) is 0 Å². The van der Waals surface area contributed by atoms with Crippen LogP contribution in [-0.2, 0) is 22.9 Å². The molecule has 0 saturated heterocycles. The number of aliphatic hydroxyl groups is 1. The van der Waals surface area contributed by atoms with E-state index in [9.17, 15) is 18.6 Å². The molecule has 0 aromatic heterocycles. The first-order valence-corrected chi connectivity index (χ1v) is 12.5. The van der Waals surface area contributed by atoms with Gasteiger partial charge < -0.3 is 20.3 Å². The zero-order chi connectivity index (χ0) is 23.8. The second-order valence-electron chi connectivity index (χ2n) is 7.98. The molecule has 0 heterocycles.